The van der Waals surface area contributed by atoms with Crippen LogP contribution in [0.2, 0.25) is 0 Å². The zero-order valence-electron chi connectivity index (χ0n) is 13.5. The van der Waals surface area contributed by atoms with Crippen molar-refractivity contribution >= 4 is 5.91 Å². The largest absolute Gasteiger partial charge is 0.497 e. The van der Waals surface area contributed by atoms with E-state index in [1.54, 1.807) is 14.0 Å². The van der Waals surface area contributed by atoms with Crippen LogP contribution in [0.15, 0.2) is 28.7 Å². The van der Waals surface area contributed by atoms with Crippen LogP contribution in [0.1, 0.15) is 36.5 Å². The molecule has 1 aromatic heterocycles. The number of benzene rings is 1. The van der Waals surface area contributed by atoms with Crippen LogP contribution in [-0.2, 0) is 0 Å². The van der Waals surface area contributed by atoms with Gasteiger partial charge in [-0.25, -0.2) is 4.98 Å². The van der Waals surface area contributed by atoms with E-state index in [2.05, 4.69) is 24.1 Å². The second kappa shape index (κ2) is 7.11. The first-order chi connectivity index (χ1) is 10.5. The molecule has 0 saturated heterocycles. The molecule has 0 fully saturated rings. The maximum Gasteiger partial charge on any atom is 0.273 e. The monoisotopic (exact) mass is 302 g/mol. The van der Waals surface area contributed by atoms with E-state index in [4.69, 9.17) is 9.15 Å². The summed E-state index contributed by atoms with van der Waals surface area (Å²) in [6.07, 6.45) is 0.936. The molecule has 22 heavy (non-hydrogen) atoms. The van der Waals surface area contributed by atoms with Gasteiger partial charge in [-0.1, -0.05) is 19.9 Å². The minimum absolute atomic E-state index is 0.198. The SMILES string of the molecule is COc1cccc(-c2nc(C(=O)NCCC(C)C)c(C)o2)c1. The first kappa shape index (κ1) is 16.1. The Balaban J connectivity index is 2.15. The molecule has 1 N–H and O–H groups in total. The van der Waals surface area contributed by atoms with Crippen molar-refractivity contribution < 1.29 is 13.9 Å². The van der Waals surface area contributed by atoms with Crippen molar-refractivity contribution in [3.05, 3.63) is 35.7 Å². The molecule has 0 aliphatic rings. The van der Waals surface area contributed by atoms with E-state index in [1.807, 2.05) is 24.3 Å². The molecule has 0 atom stereocenters. The fourth-order valence-corrected chi connectivity index (χ4v) is 2.04. The van der Waals surface area contributed by atoms with Gasteiger partial charge in [-0.15, -0.1) is 0 Å². The molecule has 1 heterocycles. The first-order valence-electron chi connectivity index (χ1n) is 7.41. The topological polar surface area (TPSA) is 64.4 Å². The summed E-state index contributed by atoms with van der Waals surface area (Å²) in [5.74, 6) is 2.00. The van der Waals surface area contributed by atoms with Gasteiger partial charge in [0.1, 0.15) is 11.5 Å². The Bertz CT molecular complexity index is 647. The molecular formula is C17H22N2O3. The van der Waals surface area contributed by atoms with E-state index < -0.39 is 0 Å². The van der Waals surface area contributed by atoms with E-state index in [-0.39, 0.29) is 5.91 Å². The van der Waals surface area contributed by atoms with Crippen LogP contribution in [0, 0.1) is 12.8 Å². The third-order valence-corrected chi connectivity index (χ3v) is 3.34. The number of hydrogen-bond donors (Lipinski definition) is 1. The molecule has 1 aromatic carbocycles. The molecule has 1 amide bonds. The maximum absolute atomic E-state index is 12.2. The molecule has 0 saturated carbocycles. The molecule has 5 heteroatoms. The molecule has 118 valence electrons. The number of nitrogens with zero attached hydrogens (tertiary/aromatic N) is 1. The van der Waals surface area contributed by atoms with E-state index in [9.17, 15) is 4.79 Å². The van der Waals surface area contributed by atoms with Gasteiger partial charge in [0.15, 0.2) is 5.69 Å². The summed E-state index contributed by atoms with van der Waals surface area (Å²) in [6.45, 7) is 6.62. The number of hydrogen-bond acceptors (Lipinski definition) is 4. The Labute approximate surface area is 130 Å². The smallest absolute Gasteiger partial charge is 0.273 e. The minimum Gasteiger partial charge on any atom is -0.497 e. The Hall–Kier alpha value is -2.30. The number of carbonyl (C=O) groups is 1. The highest BCUT2D eigenvalue weighted by Crippen LogP contribution is 2.25. The number of carbonyl (C=O) groups excluding carboxylic acids is 1. The van der Waals surface area contributed by atoms with Gasteiger partial charge in [-0.05, 0) is 37.5 Å². The fourth-order valence-electron chi connectivity index (χ4n) is 2.04. The molecule has 2 rings (SSSR count). The Morgan fingerprint density at radius 1 is 1.41 bits per heavy atom. The summed E-state index contributed by atoms with van der Waals surface area (Å²) < 4.78 is 10.8. The number of oxazole rings is 1. The molecule has 5 nitrogen and oxygen atoms in total. The number of aromatic nitrogens is 1. The van der Waals surface area contributed by atoms with Gasteiger partial charge in [-0.3, -0.25) is 4.79 Å². The third-order valence-electron chi connectivity index (χ3n) is 3.34. The van der Waals surface area contributed by atoms with Crippen molar-refractivity contribution in [1.82, 2.24) is 10.3 Å². The Morgan fingerprint density at radius 2 is 2.18 bits per heavy atom. The number of rotatable bonds is 6. The number of nitrogens with one attached hydrogen (secondary N) is 1. The van der Waals surface area contributed by atoms with Gasteiger partial charge in [0, 0.05) is 12.1 Å². The second-order valence-electron chi connectivity index (χ2n) is 5.59. The third kappa shape index (κ3) is 3.87. The van der Waals surface area contributed by atoms with Crippen molar-refractivity contribution in [3.63, 3.8) is 0 Å². The van der Waals surface area contributed by atoms with Crippen LogP contribution >= 0.6 is 0 Å². The van der Waals surface area contributed by atoms with Gasteiger partial charge in [0.25, 0.3) is 5.91 Å². The molecule has 0 aliphatic carbocycles. The zero-order chi connectivity index (χ0) is 16.1. The lowest BCUT2D eigenvalue weighted by atomic mass is 10.1. The lowest BCUT2D eigenvalue weighted by molar-refractivity contribution is 0.0946. The van der Waals surface area contributed by atoms with E-state index in [0.717, 1.165) is 17.7 Å². The van der Waals surface area contributed by atoms with Crippen LogP contribution in [-0.4, -0.2) is 24.5 Å². The van der Waals surface area contributed by atoms with Gasteiger partial charge in [0.2, 0.25) is 5.89 Å². The summed E-state index contributed by atoms with van der Waals surface area (Å²) in [6, 6.07) is 7.40. The maximum atomic E-state index is 12.2. The predicted octanol–water partition coefficient (Wildman–Crippen LogP) is 3.43. The second-order valence-corrected chi connectivity index (χ2v) is 5.59. The number of ether oxygens (including phenoxy) is 1. The zero-order valence-corrected chi connectivity index (χ0v) is 13.5. The van der Waals surface area contributed by atoms with E-state index >= 15 is 0 Å². The van der Waals surface area contributed by atoms with E-state index in [1.165, 1.54) is 0 Å². The van der Waals surface area contributed by atoms with Crippen LogP contribution < -0.4 is 10.1 Å². The van der Waals surface area contributed by atoms with Crippen LogP contribution in [0.3, 0.4) is 0 Å². The van der Waals surface area contributed by atoms with Crippen LogP contribution in [0.25, 0.3) is 11.5 Å². The van der Waals surface area contributed by atoms with Crippen molar-refractivity contribution in [2.75, 3.05) is 13.7 Å². The molecule has 2 aromatic rings. The van der Waals surface area contributed by atoms with Gasteiger partial charge < -0.3 is 14.5 Å². The Kier molecular flexibility index (Phi) is 5.20. The molecule has 0 aliphatic heterocycles. The fraction of sp³-hybridized carbons (Fsp3) is 0.412. The average Bonchev–Trinajstić information content (AvgIpc) is 2.89. The summed E-state index contributed by atoms with van der Waals surface area (Å²) in [4.78, 5) is 16.5. The van der Waals surface area contributed by atoms with E-state index in [0.29, 0.717) is 29.8 Å². The van der Waals surface area contributed by atoms with Crippen molar-refractivity contribution in [3.8, 4) is 17.2 Å². The summed E-state index contributed by atoms with van der Waals surface area (Å²) in [5, 5.41) is 2.87. The predicted molar refractivity (Wildman–Crippen MR) is 85.0 cm³/mol. The van der Waals surface area contributed by atoms with Crippen LogP contribution in [0.4, 0.5) is 0 Å². The van der Waals surface area contributed by atoms with Crippen LogP contribution in [0.5, 0.6) is 5.75 Å². The number of methoxy groups -OCH3 is 1. The lowest BCUT2D eigenvalue weighted by Gasteiger charge is -2.05. The van der Waals surface area contributed by atoms with Gasteiger partial charge in [0.05, 0.1) is 7.11 Å². The standard InChI is InChI=1S/C17H22N2O3/c1-11(2)8-9-18-16(20)15-12(3)22-17(19-15)13-6-5-7-14(10-13)21-4/h5-7,10-11H,8-9H2,1-4H3,(H,18,20). The molecule has 0 bridgehead atoms. The normalized spacial score (nSPS) is 10.8. The highest BCUT2D eigenvalue weighted by molar-refractivity contribution is 5.93. The van der Waals surface area contributed by atoms with Crippen molar-refractivity contribution in [1.29, 1.82) is 0 Å². The first-order valence-corrected chi connectivity index (χ1v) is 7.41. The molecular weight excluding hydrogens is 280 g/mol. The van der Waals surface area contributed by atoms with Crippen molar-refractivity contribution in [2.24, 2.45) is 5.92 Å². The minimum atomic E-state index is -0.198. The number of amides is 1. The summed E-state index contributed by atoms with van der Waals surface area (Å²) in [7, 11) is 1.60. The highest BCUT2D eigenvalue weighted by Gasteiger charge is 2.18. The van der Waals surface area contributed by atoms with Crippen molar-refractivity contribution in [2.45, 2.75) is 27.2 Å². The summed E-state index contributed by atoms with van der Waals surface area (Å²) in [5.41, 5.74) is 1.12. The number of aryl methyl sites for hydroxylation is 1. The lowest BCUT2D eigenvalue weighted by Crippen LogP contribution is -2.26. The Morgan fingerprint density at radius 3 is 2.86 bits per heavy atom. The van der Waals surface area contributed by atoms with Gasteiger partial charge >= 0.3 is 0 Å². The molecule has 0 unspecified atom stereocenters. The van der Waals surface area contributed by atoms with Gasteiger partial charge in [-0.2, -0.15) is 0 Å². The average molecular weight is 302 g/mol. The summed E-state index contributed by atoms with van der Waals surface area (Å²) >= 11 is 0. The molecule has 0 spiro atoms. The highest BCUT2D eigenvalue weighted by atomic mass is 16.5. The molecule has 0 radical (unpaired) electrons. The quantitative estimate of drug-likeness (QED) is 0.888.